The Kier molecular flexibility index (Phi) is 5.02. The molecule has 0 radical (unpaired) electrons. The Morgan fingerprint density at radius 2 is 2.29 bits per heavy atom. The smallest absolute Gasteiger partial charge is 0.321 e. The SMILES string of the molecule is CNC(Cc1c[nH]c2c1C(CC=C(C)C)=CCC2)C(=O)O. The van der Waals surface area contributed by atoms with Crippen LogP contribution in [0.1, 0.15) is 43.5 Å². The highest BCUT2D eigenvalue weighted by Gasteiger charge is 2.22. The number of hydrogen-bond acceptors (Lipinski definition) is 2. The van der Waals surface area contributed by atoms with Gasteiger partial charge in [0.1, 0.15) is 6.04 Å². The second kappa shape index (κ2) is 6.76. The number of aromatic nitrogens is 1. The van der Waals surface area contributed by atoms with Gasteiger partial charge in [-0.3, -0.25) is 4.79 Å². The number of rotatable bonds is 6. The van der Waals surface area contributed by atoms with Gasteiger partial charge in [0, 0.05) is 23.9 Å². The van der Waals surface area contributed by atoms with Crippen molar-refractivity contribution in [2.45, 2.75) is 45.6 Å². The summed E-state index contributed by atoms with van der Waals surface area (Å²) in [6.45, 7) is 4.20. The van der Waals surface area contributed by atoms with Crippen molar-refractivity contribution in [1.82, 2.24) is 10.3 Å². The van der Waals surface area contributed by atoms with Crippen LogP contribution in [0.2, 0.25) is 0 Å². The molecular formula is C17H24N2O2. The number of allylic oxidation sites excluding steroid dienone is 4. The number of aromatic amines is 1. The monoisotopic (exact) mass is 288 g/mol. The lowest BCUT2D eigenvalue weighted by Gasteiger charge is -2.17. The zero-order chi connectivity index (χ0) is 15.4. The normalized spacial score (nSPS) is 15.1. The van der Waals surface area contributed by atoms with Crippen LogP contribution in [0.3, 0.4) is 0 Å². The number of hydrogen-bond donors (Lipinski definition) is 3. The standard InChI is InChI=1S/C17H24N2O2/c1-11(2)7-8-12-5-4-6-14-16(12)13(10-19-14)9-15(18-3)17(20)21/h5,7,10,15,18-19H,4,6,8-9H2,1-3H3,(H,20,21). The number of nitrogens with one attached hydrogen (secondary N) is 2. The van der Waals surface area contributed by atoms with E-state index in [2.05, 4.69) is 36.3 Å². The third-order valence-electron chi connectivity index (χ3n) is 3.95. The minimum Gasteiger partial charge on any atom is -0.480 e. The zero-order valence-electron chi connectivity index (χ0n) is 13.0. The second-order valence-electron chi connectivity index (χ2n) is 5.80. The molecule has 0 bridgehead atoms. The van der Waals surface area contributed by atoms with E-state index >= 15 is 0 Å². The molecule has 21 heavy (non-hydrogen) atoms. The first-order valence-electron chi connectivity index (χ1n) is 7.45. The Labute approximate surface area is 126 Å². The minimum atomic E-state index is -0.807. The molecule has 3 N–H and O–H groups in total. The molecule has 2 rings (SSSR count). The second-order valence-corrected chi connectivity index (χ2v) is 5.80. The summed E-state index contributed by atoms with van der Waals surface area (Å²) in [6, 6.07) is -0.545. The van der Waals surface area contributed by atoms with E-state index in [0.29, 0.717) is 6.42 Å². The number of likely N-dealkylation sites (N-methyl/N-ethyl adjacent to an activating group) is 1. The fraction of sp³-hybridized carbons (Fsp3) is 0.471. The van der Waals surface area contributed by atoms with Gasteiger partial charge < -0.3 is 15.4 Å². The molecule has 4 nitrogen and oxygen atoms in total. The van der Waals surface area contributed by atoms with Crippen molar-refractivity contribution >= 4 is 11.5 Å². The fourth-order valence-corrected chi connectivity index (χ4v) is 2.80. The zero-order valence-corrected chi connectivity index (χ0v) is 13.0. The van der Waals surface area contributed by atoms with Gasteiger partial charge in [0.05, 0.1) is 0 Å². The Hall–Kier alpha value is -1.81. The largest absolute Gasteiger partial charge is 0.480 e. The molecule has 0 fully saturated rings. The molecule has 1 aromatic rings. The molecule has 4 heteroatoms. The van der Waals surface area contributed by atoms with Crippen molar-refractivity contribution in [3.8, 4) is 0 Å². The lowest BCUT2D eigenvalue weighted by Crippen LogP contribution is -2.35. The van der Waals surface area contributed by atoms with Crippen molar-refractivity contribution in [2.24, 2.45) is 0 Å². The van der Waals surface area contributed by atoms with Crippen LogP contribution in [-0.4, -0.2) is 29.1 Å². The molecule has 0 amide bonds. The maximum Gasteiger partial charge on any atom is 0.321 e. The molecule has 1 unspecified atom stereocenters. The van der Waals surface area contributed by atoms with Gasteiger partial charge in [-0.1, -0.05) is 17.7 Å². The number of carbonyl (C=O) groups is 1. The maximum atomic E-state index is 11.2. The summed E-state index contributed by atoms with van der Waals surface area (Å²) >= 11 is 0. The molecule has 1 aromatic heterocycles. The lowest BCUT2D eigenvalue weighted by molar-refractivity contribution is -0.139. The van der Waals surface area contributed by atoms with Gasteiger partial charge >= 0.3 is 5.97 Å². The van der Waals surface area contributed by atoms with E-state index in [-0.39, 0.29) is 0 Å². The van der Waals surface area contributed by atoms with Gasteiger partial charge in [0.2, 0.25) is 0 Å². The first-order chi connectivity index (χ1) is 10.0. The number of aliphatic carboxylic acids is 1. The van der Waals surface area contributed by atoms with Gasteiger partial charge in [-0.05, 0) is 51.3 Å². The van der Waals surface area contributed by atoms with Crippen LogP contribution in [0.15, 0.2) is 23.9 Å². The molecule has 0 spiro atoms. The summed E-state index contributed by atoms with van der Waals surface area (Å²) in [7, 11) is 1.69. The van der Waals surface area contributed by atoms with Crippen LogP contribution in [0.25, 0.3) is 5.57 Å². The van der Waals surface area contributed by atoms with E-state index < -0.39 is 12.0 Å². The molecule has 1 heterocycles. The van der Waals surface area contributed by atoms with Crippen molar-refractivity contribution in [2.75, 3.05) is 7.05 Å². The summed E-state index contributed by atoms with van der Waals surface area (Å²) in [5.41, 5.74) is 6.19. The van der Waals surface area contributed by atoms with Gasteiger partial charge in [0.15, 0.2) is 0 Å². The van der Waals surface area contributed by atoms with E-state index in [4.69, 9.17) is 0 Å². The highest BCUT2D eigenvalue weighted by atomic mass is 16.4. The van der Waals surface area contributed by atoms with E-state index in [9.17, 15) is 9.90 Å². The number of fused-ring (bicyclic) bond motifs is 1. The van der Waals surface area contributed by atoms with E-state index in [1.165, 1.54) is 22.4 Å². The van der Waals surface area contributed by atoms with Crippen molar-refractivity contribution in [1.29, 1.82) is 0 Å². The molecule has 0 aromatic carbocycles. The minimum absolute atomic E-state index is 0.504. The maximum absolute atomic E-state index is 11.2. The van der Waals surface area contributed by atoms with Crippen molar-refractivity contribution < 1.29 is 9.90 Å². The molecule has 1 atom stereocenters. The third kappa shape index (κ3) is 3.64. The predicted molar refractivity (Wildman–Crippen MR) is 85.3 cm³/mol. The van der Waals surface area contributed by atoms with Crippen LogP contribution in [0.4, 0.5) is 0 Å². The van der Waals surface area contributed by atoms with Gasteiger partial charge in [0.25, 0.3) is 0 Å². The van der Waals surface area contributed by atoms with Crippen molar-refractivity contribution in [3.05, 3.63) is 40.7 Å². The molecule has 0 saturated heterocycles. The van der Waals surface area contributed by atoms with Gasteiger partial charge in [-0.25, -0.2) is 0 Å². The van der Waals surface area contributed by atoms with Crippen molar-refractivity contribution in [3.63, 3.8) is 0 Å². The molecular weight excluding hydrogens is 264 g/mol. The molecule has 0 aliphatic heterocycles. The molecule has 1 aliphatic carbocycles. The topological polar surface area (TPSA) is 65.1 Å². The summed E-state index contributed by atoms with van der Waals surface area (Å²) in [4.78, 5) is 14.6. The molecule has 0 saturated carbocycles. The Balaban J connectivity index is 2.27. The number of carboxylic acids is 1. The average Bonchev–Trinajstić information content (AvgIpc) is 2.85. The predicted octanol–water partition coefficient (Wildman–Crippen LogP) is 2.92. The van der Waals surface area contributed by atoms with Crippen LogP contribution < -0.4 is 5.32 Å². The highest BCUT2D eigenvalue weighted by Crippen LogP contribution is 2.32. The first kappa shape index (κ1) is 15.6. The van der Waals surface area contributed by atoms with Crippen LogP contribution in [-0.2, 0) is 17.6 Å². The van der Waals surface area contributed by atoms with Crippen LogP contribution in [0.5, 0.6) is 0 Å². The van der Waals surface area contributed by atoms with Crippen LogP contribution >= 0.6 is 0 Å². The fourth-order valence-electron chi connectivity index (χ4n) is 2.80. The summed E-state index contributed by atoms with van der Waals surface area (Å²) < 4.78 is 0. The molecule has 114 valence electrons. The Bertz CT molecular complexity index is 578. The average molecular weight is 288 g/mol. The number of H-pyrrole nitrogens is 1. The van der Waals surface area contributed by atoms with E-state index in [1.54, 1.807) is 7.05 Å². The summed E-state index contributed by atoms with van der Waals surface area (Å²) in [5.74, 6) is -0.807. The molecule has 1 aliphatic rings. The number of aryl methyl sites for hydroxylation is 1. The van der Waals surface area contributed by atoms with E-state index in [1.807, 2.05) is 6.20 Å². The van der Waals surface area contributed by atoms with E-state index in [0.717, 1.165) is 24.8 Å². The highest BCUT2D eigenvalue weighted by molar-refractivity contribution is 5.76. The Morgan fingerprint density at radius 3 is 2.90 bits per heavy atom. The number of carboxylic acid groups (broad SMARTS) is 1. The summed E-state index contributed by atoms with van der Waals surface area (Å²) in [5, 5.41) is 12.1. The van der Waals surface area contributed by atoms with Gasteiger partial charge in [-0.15, -0.1) is 0 Å². The first-order valence-corrected chi connectivity index (χ1v) is 7.45. The quantitative estimate of drug-likeness (QED) is 0.705. The van der Waals surface area contributed by atoms with Gasteiger partial charge in [-0.2, -0.15) is 0 Å². The summed E-state index contributed by atoms with van der Waals surface area (Å²) in [6.07, 6.45) is 9.96. The lowest BCUT2D eigenvalue weighted by atomic mass is 9.89. The Morgan fingerprint density at radius 1 is 1.52 bits per heavy atom. The van der Waals surface area contributed by atoms with Crippen LogP contribution in [0, 0.1) is 0 Å². The third-order valence-corrected chi connectivity index (χ3v) is 3.95.